The van der Waals surface area contributed by atoms with Gasteiger partial charge in [0, 0.05) is 4.32 Å². The van der Waals surface area contributed by atoms with Gasteiger partial charge in [0.2, 0.25) is 0 Å². The van der Waals surface area contributed by atoms with Gasteiger partial charge >= 0.3 is 0 Å². The van der Waals surface area contributed by atoms with Crippen molar-refractivity contribution in [3.8, 4) is 0 Å². The number of alkyl halides is 1. The SMILES string of the molecule is BrC1(Cc2ccccc2)CCCCC1. The molecule has 0 bridgehead atoms. The van der Waals surface area contributed by atoms with Crippen molar-refractivity contribution >= 4 is 15.9 Å². The fourth-order valence-corrected chi connectivity index (χ4v) is 3.21. The van der Waals surface area contributed by atoms with Crippen LogP contribution in [-0.4, -0.2) is 4.32 Å². The minimum atomic E-state index is 0.395. The van der Waals surface area contributed by atoms with Crippen LogP contribution < -0.4 is 0 Å². The maximum atomic E-state index is 3.93. The summed E-state index contributed by atoms with van der Waals surface area (Å²) in [6, 6.07) is 10.8. The molecule has 0 aliphatic heterocycles. The van der Waals surface area contributed by atoms with Crippen LogP contribution in [0.1, 0.15) is 37.7 Å². The summed E-state index contributed by atoms with van der Waals surface area (Å²) in [6.07, 6.45) is 8.05. The molecule has 76 valence electrons. The molecule has 0 radical (unpaired) electrons. The van der Waals surface area contributed by atoms with E-state index in [9.17, 15) is 0 Å². The molecule has 1 saturated carbocycles. The van der Waals surface area contributed by atoms with Gasteiger partial charge in [-0.1, -0.05) is 65.5 Å². The van der Waals surface area contributed by atoms with Crippen LogP contribution in [0.25, 0.3) is 0 Å². The first-order valence-corrected chi connectivity index (χ1v) is 6.31. The Morgan fingerprint density at radius 3 is 2.29 bits per heavy atom. The van der Waals surface area contributed by atoms with Gasteiger partial charge in [0.1, 0.15) is 0 Å². The van der Waals surface area contributed by atoms with Gasteiger partial charge < -0.3 is 0 Å². The summed E-state index contributed by atoms with van der Waals surface area (Å²) in [5, 5.41) is 0. The molecular weight excluding hydrogens is 236 g/mol. The maximum Gasteiger partial charge on any atom is 0.0298 e. The molecular formula is C13H17Br. The first-order chi connectivity index (χ1) is 6.79. The number of rotatable bonds is 2. The lowest BCUT2D eigenvalue weighted by Crippen LogP contribution is -2.26. The zero-order valence-corrected chi connectivity index (χ0v) is 10.1. The maximum absolute atomic E-state index is 3.93. The molecule has 0 aromatic heterocycles. The minimum absolute atomic E-state index is 0.395. The van der Waals surface area contributed by atoms with Crippen molar-refractivity contribution in [3.05, 3.63) is 35.9 Å². The van der Waals surface area contributed by atoms with E-state index in [1.165, 1.54) is 44.1 Å². The van der Waals surface area contributed by atoms with E-state index in [-0.39, 0.29) is 0 Å². The fraction of sp³-hybridized carbons (Fsp3) is 0.538. The quantitative estimate of drug-likeness (QED) is 0.688. The monoisotopic (exact) mass is 252 g/mol. The van der Waals surface area contributed by atoms with E-state index in [1.807, 2.05) is 0 Å². The van der Waals surface area contributed by atoms with Crippen molar-refractivity contribution in [2.45, 2.75) is 42.8 Å². The highest BCUT2D eigenvalue weighted by atomic mass is 79.9. The number of hydrogen-bond donors (Lipinski definition) is 0. The van der Waals surface area contributed by atoms with Crippen molar-refractivity contribution in [1.29, 1.82) is 0 Å². The molecule has 0 spiro atoms. The largest absolute Gasteiger partial charge is 0.0850 e. The first-order valence-electron chi connectivity index (χ1n) is 5.51. The Kier molecular flexibility index (Phi) is 3.27. The average molecular weight is 253 g/mol. The highest BCUT2D eigenvalue weighted by Gasteiger charge is 2.28. The Balaban J connectivity index is 2.02. The van der Waals surface area contributed by atoms with Crippen molar-refractivity contribution in [3.63, 3.8) is 0 Å². The molecule has 1 aliphatic carbocycles. The predicted octanol–water partition coefficient (Wildman–Crippen LogP) is 4.33. The van der Waals surface area contributed by atoms with Crippen LogP contribution >= 0.6 is 15.9 Å². The Bertz CT molecular complexity index is 273. The van der Waals surface area contributed by atoms with Gasteiger partial charge in [0.25, 0.3) is 0 Å². The molecule has 0 saturated heterocycles. The third-order valence-corrected chi connectivity index (χ3v) is 4.19. The molecule has 1 aromatic carbocycles. The van der Waals surface area contributed by atoms with Crippen LogP contribution in [-0.2, 0) is 6.42 Å². The first kappa shape index (κ1) is 10.2. The van der Waals surface area contributed by atoms with Crippen molar-refractivity contribution < 1.29 is 0 Å². The summed E-state index contributed by atoms with van der Waals surface area (Å²) in [5.74, 6) is 0. The molecule has 0 unspecified atom stereocenters. The van der Waals surface area contributed by atoms with E-state index in [0.717, 1.165) is 0 Å². The molecule has 1 fully saturated rings. The van der Waals surface area contributed by atoms with Crippen LogP contribution in [0.5, 0.6) is 0 Å². The van der Waals surface area contributed by atoms with Crippen LogP contribution in [0.15, 0.2) is 30.3 Å². The zero-order valence-electron chi connectivity index (χ0n) is 8.51. The van der Waals surface area contributed by atoms with E-state index in [1.54, 1.807) is 0 Å². The lowest BCUT2D eigenvalue weighted by Gasteiger charge is -2.31. The second kappa shape index (κ2) is 4.48. The second-order valence-corrected chi connectivity index (χ2v) is 6.06. The summed E-state index contributed by atoms with van der Waals surface area (Å²) >= 11 is 3.93. The van der Waals surface area contributed by atoms with Crippen LogP contribution in [0.2, 0.25) is 0 Å². The summed E-state index contributed by atoms with van der Waals surface area (Å²) in [7, 11) is 0. The number of halogens is 1. The molecule has 0 amide bonds. The summed E-state index contributed by atoms with van der Waals surface area (Å²) in [5.41, 5.74) is 1.46. The van der Waals surface area contributed by atoms with E-state index >= 15 is 0 Å². The highest BCUT2D eigenvalue weighted by molar-refractivity contribution is 9.10. The van der Waals surface area contributed by atoms with Gasteiger partial charge in [-0.25, -0.2) is 0 Å². The Labute approximate surface area is 94.8 Å². The summed E-state index contributed by atoms with van der Waals surface area (Å²) < 4.78 is 0.395. The zero-order chi connectivity index (χ0) is 9.86. The Hall–Kier alpha value is -0.300. The molecule has 1 aromatic rings. The van der Waals surface area contributed by atoms with Crippen LogP contribution in [0.3, 0.4) is 0 Å². The molecule has 1 heteroatoms. The summed E-state index contributed by atoms with van der Waals surface area (Å²) in [4.78, 5) is 0. The summed E-state index contributed by atoms with van der Waals surface area (Å²) in [6.45, 7) is 0. The van der Waals surface area contributed by atoms with Crippen molar-refractivity contribution in [2.24, 2.45) is 0 Å². The van der Waals surface area contributed by atoms with E-state index < -0.39 is 0 Å². The van der Waals surface area contributed by atoms with E-state index in [2.05, 4.69) is 46.3 Å². The number of benzene rings is 1. The van der Waals surface area contributed by atoms with E-state index in [0.29, 0.717) is 4.32 Å². The normalized spacial score (nSPS) is 20.6. The third kappa shape index (κ3) is 2.60. The van der Waals surface area contributed by atoms with E-state index in [4.69, 9.17) is 0 Å². The molecule has 14 heavy (non-hydrogen) atoms. The lowest BCUT2D eigenvalue weighted by atomic mass is 9.84. The van der Waals surface area contributed by atoms with Crippen LogP contribution in [0, 0.1) is 0 Å². The van der Waals surface area contributed by atoms with Gasteiger partial charge in [0.15, 0.2) is 0 Å². The minimum Gasteiger partial charge on any atom is -0.0850 e. The van der Waals surface area contributed by atoms with Gasteiger partial charge in [-0.2, -0.15) is 0 Å². The fourth-order valence-electron chi connectivity index (χ4n) is 2.32. The highest BCUT2D eigenvalue weighted by Crippen LogP contribution is 2.38. The van der Waals surface area contributed by atoms with Crippen molar-refractivity contribution in [2.75, 3.05) is 0 Å². The standard InChI is InChI=1S/C13H17Br/c14-13(9-5-2-6-10-13)11-12-7-3-1-4-8-12/h1,3-4,7-8H,2,5-6,9-11H2. The molecule has 2 rings (SSSR count). The molecule has 1 aliphatic rings. The van der Waals surface area contributed by atoms with Crippen molar-refractivity contribution in [1.82, 2.24) is 0 Å². The topological polar surface area (TPSA) is 0 Å². The number of hydrogen-bond acceptors (Lipinski definition) is 0. The van der Waals surface area contributed by atoms with Gasteiger partial charge in [-0.3, -0.25) is 0 Å². The predicted molar refractivity (Wildman–Crippen MR) is 64.9 cm³/mol. The molecule has 0 N–H and O–H groups in total. The van der Waals surface area contributed by atoms with Gasteiger partial charge in [-0.05, 0) is 24.8 Å². The Morgan fingerprint density at radius 1 is 1.00 bits per heavy atom. The molecule has 0 nitrogen and oxygen atoms in total. The molecule has 0 atom stereocenters. The van der Waals surface area contributed by atoms with Crippen LogP contribution in [0.4, 0.5) is 0 Å². The molecule has 0 heterocycles. The second-order valence-electron chi connectivity index (χ2n) is 4.37. The average Bonchev–Trinajstić information content (AvgIpc) is 2.19. The van der Waals surface area contributed by atoms with Gasteiger partial charge in [-0.15, -0.1) is 0 Å². The third-order valence-electron chi connectivity index (χ3n) is 3.11. The smallest absolute Gasteiger partial charge is 0.0298 e. The lowest BCUT2D eigenvalue weighted by molar-refractivity contribution is 0.403. The van der Waals surface area contributed by atoms with Gasteiger partial charge in [0.05, 0.1) is 0 Å². The Morgan fingerprint density at radius 2 is 1.64 bits per heavy atom.